The van der Waals surface area contributed by atoms with Gasteiger partial charge in [-0.25, -0.2) is 0 Å². The molecule has 0 saturated heterocycles. The maximum Gasteiger partial charge on any atom is 0.323 e. The minimum absolute atomic E-state index is 0.124. The fourth-order valence-electron chi connectivity index (χ4n) is 1.79. The normalized spacial score (nSPS) is 10.6. The lowest BCUT2D eigenvalue weighted by Gasteiger charge is -2.28. The standard InChI is InChI=1S/C13H20INO4/c1-3-18-11(16)13(7-5-9-14,8-6-10-15)12(17)19-4-2/h3-9H2,1-2H3. The van der Waals surface area contributed by atoms with Gasteiger partial charge < -0.3 is 9.47 Å². The Balaban J connectivity index is 5.23. The van der Waals surface area contributed by atoms with E-state index in [-0.39, 0.29) is 26.1 Å². The zero-order chi connectivity index (χ0) is 14.7. The van der Waals surface area contributed by atoms with Crippen molar-refractivity contribution in [2.45, 2.75) is 39.5 Å². The Hall–Kier alpha value is -0.840. The molecule has 0 spiro atoms. The third-order valence-electron chi connectivity index (χ3n) is 2.73. The van der Waals surface area contributed by atoms with Crippen LogP contribution in [0.4, 0.5) is 0 Å². The minimum Gasteiger partial charge on any atom is -0.465 e. The van der Waals surface area contributed by atoms with Crippen LogP contribution in [-0.2, 0) is 19.1 Å². The number of esters is 2. The van der Waals surface area contributed by atoms with Crippen LogP contribution in [-0.4, -0.2) is 29.6 Å². The highest BCUT2D eigenvalue weighted by Crippen LogP contribution is 2.33. The summed E-state index contributed by atoms with van der Waals surface area (Å²) in [5.74, 6) is -1.15. The first kappa shape index (κ1) is 18.2. The molecule has 0 aromatic carbocycles. The van der Waals surface area contributed by atoms with Crippen LogP contribution in [0, 0.1) is 16.7 Å². The fraction of sp³-hybridized carbons (Fsp3) is 0.769. The molecule has 0 saturated carbocycles. The van der Waals surface area contributed by atoms with Crippen LogP contribution in [0.3, 0.4) is 0 Å². The summed E-state index contributed by atoms with van der Waals surface area (Å²) in [5.41, 5.74) is -1.33. The fourth-order valence-corrected chi connectivity index (χ4v) is 2.17. The molecule has 0 aliphatic rings. The molecular formula is C13H20INO4. The highest BCUT2D eigenvalue weighted by Gasteiger charge is 2.47. The number of hydrogen-bond acceptors (Lipinski definition) is 5. The number of carbonyl (C=O) groups excluding carboxylic acids is 2. The maximum absolute atomic E-state index is 12.2. The summed E-state index contributed by atoms with van der Waals surface area (Å²) >= 11 is 2.19. The van der Waals surface area contributed by atoms with Crippen LogP contribution in [0.25, 0.3) is 0 Å². The Bertz CT molecular complexity index is 320. The number of nitriles is 1. The van der Waals surface area contributed by atoms with E-state index in [1.165, 1.54) is 0 Å². The molecule has 0 radical (unpaired) electrons. The van der Waals surface area contributed by atoms with Crippen LogP contribution in [0.15, 0.2) is 0 Å². The summed E-state index contributed by atoms with van der Waals surface area (Å²) in [6.07, 6.45) is 1.33. The van der Waals surface area contributed by atoms with Crippen LogP contribution in [0.5, 0.6) is 0 Å². The van der Waals surface area contributed by atoms with Crippen LogP contribution in [0.2, 0.25) is 0 Å². The summed E-state index contributed by atoms with van der Waals surface area (Å²) in [6.45, 7) is 3.79. The quantitative estimate of drug-likeness (QED) is 0.266. The van der Waals surface area contributed by atoms with Gasteiger partial charge in [-0.2, -0.15) is 5.26 Å². The number of rotatable bonds is 9. The van der Waals surface area contributed by atoms with Crippen LogP contribution < -0.4 is 0 Å². The Morgan fingerprint density at radius 3 is 2.05 bits per heavy atom. The van der Waals surface area contributed by atoms with Gasteiger partial charge in [0.1, 0.15) is 0 Å². The molecule has 19 heavy (non-hydrogen) atoms. The SMILES string of the molecule is CCOC(=O)C(CCC#N)(CCCI)C(=O)OCC. The first-order valence-electron chi connectivity index (χ1n) is 6.36. The third-order valence-corrected chi connectivity index (χ3v) is 3.50. The number of alkyl halides is 1. The zero-order valence-corrected chi connectivity index (χ0v) is 13.6. The summed E-state index contributed by atoms with van der Waals surface area (Å²) in [4.78, 5) is 24.3. The van der Waals surface area contributed by atoms with E-state index >= 15 is 0 Å². The average molecular weight is 381 g/mol. The molecule has 0 aromatic rings. The second-order valence-corrected chi connectivity index (χ2v) is 5.05. The van der Waals surface area contributed by atoms with E-state index in [9.17, 15) is 9.59 Å². The largest absolute Gasteiger partial charge is 0.465 e. The predicted octanol–water partition coefficient (Wildman–Crippen LogP) is 2.62. The summed E-state index contributed by atoms with van der Waals surface area (Å²) in [6, 6.07) is 1.98. The molecule has 0 N–H and O–H groups in total. The summed E-state index contributed by atoms with van der Waals surface area (Å²) < 4.78 is 10.9. The Labute approximate surface area is 127 Å². The van der Waals surface area contributed by atoms with E-state index < -0.39 is 17.4 Å². The smallest absolute Gasteiger partial charge is 0.323 e. The van der Waals surface area contributed by atoms with E-state index in [1.54, 1.807) is 13.8 Å². The van der Waals surface area contributed by atoms with Gasteiger partial charge in [-0.3, -0.25) is 9.59 Å². The van der Waals surface area contributed by atoms with Crippen molar-refractivity contribution in [2.75, 3.05) is 17.6 Å². The molecule has 0 aromatic heterocycles. The van der Waals surface area contributed by atoms with Crippen molar-refractivity contribution in [1.29, 1.82) is 5.26 Å². The molecule has 108 valence electrons. The van der Waals surface area contributed by atoms with Gasteiger partial charge in [0, 0.05) is 6.42 Å². The second-order valence-electron chi connectivity index (χ2n) is 3.97. The molecule has 0 aliphatic carbocycles. The molecule has 0 unspecified atom stereocenters. The van der Waals surface area contributed by atoms with E-state index in [2.05, 4.69) is 22.6 Å². The van der Waals surface area contributed by atoms with E-state index in [0.29, 0.717) is 12.8 Å². The van der Waals surface area contributed by atoms with Gasteiger partial charge >= 0.3 is 11.9 Å². The first-order chi connectivity index (χ1) is 9.08. The van der Waals surface area contributed by atoms with Crippen LogP contribution in [0.1, 0.15) is 39.5 Å². The van der Waals surface area contributed by atoms with Crippen molar-refractivity contribution in [3.05, 3.63) is 0 Å². The Kier molecular flexibility index (Phi) is 9.57. The van der Waals surface area contributed by atoms with Gasteiger partial charge in [-0.15, -0.1) is 0 Å². The molecule has 5 nitrogen and oxygen atoms in total. The van der Waals surface area contributed by atoms with Crippen molar-refractivity contribution in [3.63, 3.8) is 0 Å². The number of halogens is 1. The highest BCUT2D eigenvalue weighted by atomic mass is 127. The summed E-state index contributed by atoms with van der Waals surface area (Å²) in [7, 11) is 0. The number of nitrogens with zero attached hydrogens (tertiary/aromatic N) is 1. The second kappa shape index (κ2) is 10.0. The van der Waals surface area contributed by atoms with E-state index in [0.717, 1.165) is 4.43 Å². The van der Waals surface area contributed by atoms with Gasteiger partial charge in [0.25, 0.3) is 0 Å². The van der Waals surface area contributed by atoms with Crippen molar-refractivity contribution in [2.24, 2.45) is 5.41 Å². The third kappa shape index (κ3) is 5.35. The lowest BCUT2D eigenvalue weighted by Crippen LogP contribution is -2.42. The first-order valence-corrected chi connectivity index (χ1v) is 7.89. The monoisotopic (exact) mass is 381 g/mol. The van der Waals surface area contributed by atoms with Gasteiger partial charge in [0.2, 0.25) is 0 Å². The molecule has 0 rings (SSSR count). The van der Waals surface area contributed by atoms with Gasteiger partial charge in [-0.05, 0) is 37.5 Å². The number of hydrogen-bond donors (Lipinski definition) is 0. The maximum atomic E-state index is 12.2. The highest BCUT2D eigenvalue weighted by molar-refractivity contribution is 14.1. The van der Waals surface area contributed by atoms with Crippen molar-refractivity contribution < 1.29 is 19.1 Å². The molecular weight excluding hydrogens is 361 g/mol. The Morgan fingerprint density at radius 1 is 1.16 bits per heavy atom. The van der Waals surface area contributed by atoms with Crippen molar-refractivity contribution >= 4 is 34.5 Å². The predicted molar refractivity (Wildman–Crippen MR) is 78.7 cm³/mol. The van der Waals surface area contributed by atoms with E-state index in [1.807, 2.05) is 6.07 Å². The molecule has 0 bridgehead atoms. The molecule has 0 amide bonds. The van der Waals surface area contributed by atoms with Gasteiger partial charge in [0.05, 0.1) is 19.3 Å². The average Bonchev–Trinajstić information content (AvgIpc) is 2.40. The van der Waals surface area contributed by atoms with Gasteiger partial charge in [-0.1, -0.05) is 22.6 Å². The summed E-state index contributed by atoms with van der Waals surface area (Å²) in [5, 5.41) is 8.72. The number of ether oxygens (including phenoxy) is 2. The molecule has 6 heteroatoms. The lowest BCUT2D eigenvalue weighted by atomic mass is 9.79. The van der Waals surface area contributed by atoms with Crippen molar-refractivity contribution in [3.8, 4) is 6.07 Å². The molecule has 0 atom stereocenters. The van der Waals surface area contributed by atoms with E-state index in [4.69, 9.17) is 14.7 Å². The molecule has 0 aliphatic heterocycles. The molecule has 0 heterocycles. The lowest BCUT2D eigenvalue weighted by molar-refractivity contribution is -0.173. The number of carbonyl (C=O) groups is 2. The van der Waals surface area contributed by atoms with Crippen LogP contribution >= 0.6 is 22.6 Å². The molecule has 0 fully saturated rings. The Morgan fingerprint density at radius 2 is 1.68 bits per heavy atom. The minimum atomic E-state index is -1.33. The zero-order valence-electron chi connectivity index (χ0n) is 11.4. The topological polar surface area (TPSA) is 76.4 Å². The van der Waals surface area contributed by atoms with Gasteiger partial charge in [0.15, 0.2) is 5.41 Å². The van der Waals surface area contributed by atoms with Crippen molar-refractivity contribution in [1.82, 2.24) is 0 Å².